The number of amides is 1. The number of fused-ring (bicyclic) bond motifs is 1. The predicted molar refractivity (Wildman–Crippen MR) is 144 cm³/mol. The lowest BCUT2D eigenvalue weighted by atomic mass is 9.51. The van der Waals surface area contributed by atoms with E-state index >= 15 is 0 Å². The fraction of sp³-hybridized carbons (Fsp3) is 0.500. The van der Waals surface area contributed by atoms with Gasteiger partial charge in [-0.15, -0.1) is 0 Å². The monoisotopic (exact) mass is 523 g/mol. The van der Waals surface area contributed by atoms with Gasteiger partial charge in [0.25, 0.3) is 5.91 Å². The van der Waals surface area contributed by atoms with E-state index in [1.165, 1.54) is 6.92 Å². The number of ketones is 1. The van der Waals surface area contributed by atoms with Gasteiger partial charge in [-0.3, -0.25) is 14.4 Å². The summed E-state index contributed by atoms with van der Waals surface area (Å²) >= 11 is 0. The van der Waals surface area contributed by atoms with Gasteiger partial charge in [0.15, 0.2) is 5.78 Å². The molecule has 204 valence electrons. The largest absolute Gasteiger partial charge is 0.611 e. The lowest BCUT2D eigenvalue weighted by molar-refractivity contribution is -0.822. The van der Waals surface area contributed by atoms with E-state index in [0.717, 1.165) is 5.56 Å². The topological polar surface area (TPSA) is 115 Å². The number of aliphatic hydroxyl groups is 1. The molecule has 9 nitrogen and oxygen atoms in total. The van der Waals surface area contributed by atoms with Crippen LogP contribution in [0.2, 0.25) is 5.82 Å². The van der Waals surface area contributed by atoms with Crippen LogP contribution in [-0.2, 0) is 18.9 Å². The number of nitrogens with one attached hydrogen (secondary N) is 1. The molecule has 2 saturated heterocycles. The quantitative estimate of drug-likeness (QED) is 0.460. The van der Waals surface area contributed by atoms with Gasteiger partial charge in [-0.05, 0) is 44.1 Å². The normalized spacial score (nSPS) is 26.9. The number of hydrogen-bond donors (Lipinski definition) is 2. The Morgan fingerprint density at radius 2 is 1.87 bits per heavy atom. The number of rotatable bonds is 10. The van der Waals surface area contributed by atoms with E-state index < -0.39 is 24.7 Å². The molecule has 6 atom stereocenters. The van der Waals surface area contributed by atoms with Gasteiger partial charge in [-0.1, -0.05) is 56.7 Å². The van der Waals surface area contributed by atoms with E-state index in [4.69, 9.17) is 9.31 Å². The van der Waals surface area contributed by atoms with Crippen LogP contribution in [0.15, 0.2) is 48.5 Å². The van der Waals surface area contributed by atoms with Gasteiger partial charge in [-0.2, -0.15) is 0 Å². The lowest BCUT2D eigenvalue weighted by Crippen LogP contribution is -2.65. The van der Waals surface area contributed by atoms with Crippen LogP contribution in [-0.4, -0.2) is 77.2 Å². The van der Waals surface area contributed by atoms with E-state index in [1.54, 1.807) is 12.1 Å². The van der Waals surface area contributed by atoms with Crippen molar-refractivity contribution in [1.82, 2.24) is 10.3 Å². The highest BCUT2D eigenvalue weighted by Crippen LogP contribution is 2.48. The fourth-order valence-corrected chi connectivity index (χ4v) is 6.04. The van der Waals surface area contributed by atoms with E-state index in [1.807, 2.05) is 64.2 Å². The Labute approximate surface area is 224 Å². The first kappa shape index (κ1) is 27.9. The van der Waals surface area contributed by atoms with Crippen molar-refractivity contribution in [2.45, 2.75) is 64.5 Å². The molecular weight excluding hydrogens is 485 g/mol. The molecule has 2 aromatic rings. The molecule has 1 aromatic heterocycles. The van der Waals surface area contributed by atoms with E-state index in [2.05, 4.69) is 10.3 Å². The number of aromatic nitrogens is 1. The molecule has 3 heterocycles. The summed E-state index contributed by atoms with van der Waals surface area (Å²) < 4.78 is 12.5. The molecule has 1 amide bonds. The SMILES string of the molecule is CC(C)C[C@H](CC(=O)[C@@H](NC(=O)c1cccc(-c2ccccc2)n1)[C@@H](C)O)[B-]12OC[C@@H](C)[N+]1(C)CC(=O)O2. The summed E-state index contributed by atoms with van der Waals surface area (Å²) in [6, 6.07) is 13.5. The molecule has 2 fully saturated rings. The third-order valence-corrected chi connectivity index (χ3v) is 8.18. The van der Waals surface area contributed by atoms with Crippen molar-refractivity contribution in [1.29, 1.82) is 0 Å². The van der Waals surface area contributed by atoms with Gasteiger partial charge >= 0.3 is 12.7 Å². The summed E-state index contributed by atoms with van der Waals surface area (Å²) in [6.45, 7) is 6.10. The van der Waals surface area contributed by atoms with Crippen LogP contribution < -0.4 is 5.32 Å². The molecule has 38 heavy (non-hydrogen) atoms. The number of quaternary nitrogens is 1. The highest BCUT2D eigenvalue weighted by atomic mass is 16.7. The number of carbonyl (C=O) groups is 3. The molecular formula is C28H38BN3O6. The standard InChI is InChI=1S/C28H38BN3O6/c1-18(2)14-22(29-32(5,16-26(35)38-29)19(3)17-37-29)15-25(34)27(20(4)33)31-28(36)24-13-9-12-23(30-24)21-10-7-6-8-11-21/h6-13,18-20,22,27,33H,14-17H2,1-5H3,(H,31,36)/t19-,20-,22-,27+,29?,32?/m1/s1. The maximum absolute atomic E-state index is 13.7. The molecule has 0 radical (unpaired) electrons. The summed E-state index contributed by atoms with van der Waals surface area (Å²) in [5.74, 6) is -1.40. The van der Waals surface area contributed by atoms with Crippen LogP contribution in [0.5, 0.6) is 0 Å². The summed E-state index contributed by atoms with van der Waals surface area (Å²) in [6.07, 6.45) is -0.538. The third kappa shape index (κ3) is 5.25. The zero-order valence-corrected chi connectivity index (χ0v) is 22.8. The maximum atomic E-state index is 13.7. The zero-order valence-electron chi connectivity index (χ0n) is 22.8. The molecule has 2 aliphatic rings. The average Bonchev–Trinajstić information content (AvgIpc) is 3.29. The molecule has 2 aliphatic heterocycles. The Balaban J connectivity index is 1.55. The van der Waals surface area contributed by atoms with Crippen LogP contribution in [0, 0.1) is 5.92 Å². The van der Waals surface area contributed by atoms with Gasteiger partial charge < -0.3 is 24.1 Å². The smallest absolute Gasteiger partial charge is 0.531 e. The highest BCUT2D eigenvalue weighted by molar-refractivity contribution is 6.65. The van der Waals surface area contributed by atoms with Crippen molar-refractivity contribution in [3.05, 3.63) is 54.2 Å². The summed E-state index contributed by atoms with van der Waals surface area (Å²) in [5.41, 5.74) is 1.64. The van der Waals surface area contributed by atoms with Crippen LogP contribution in [0.1, 0.15) is 51.0 Å². The molecule has 4 rings (SSSR count). The number of nitrogens with zero attached hydrogens (tertiary/aromatic N) is 2. The molecule has 0 spiro atoms. The number of hydrogen-bond acceptors (Lipinski definition) is 7. The number of pyridine rings is 1. The predicted octanol–water partition coefficient (Wildman–Crippen LogP) is 2.96. The molecule has 0 saturated carbocycles. The summed E-state index contributed by atoms with van der Waals surface area (Å²) in [5, 5.41) is 13.2. The van der Waals surface area contributed by atoms with Crippen molar-refractivity contribution < 1.29 is 33.2 Å². The fourth-order valence-electron chi connectivity index (χ4n) is 6.04. The summed E-state index contributed by atoms with van der Waals surface area (Å²) in [7, 11) is 1.96. The highest BCUT2D eigenvalue weighted by Gasteiger charge is 2.67. The number of benzene rings is 1. The van der Waals surface area contributed by atoms with Crippen LogP contribution in [0.4, 0.5) is 0 Å². The van der Waals surface area contributed by atoms with Gasteiger partial charge in [0, 0.05) is 12.6 Å². The van der Waals surface area contributed by atoms with Crippen LogP contribution in [0.25, 0.3) is 11.3 Å². The first-order valence-corrected chi connectivity index (χ1v) is 13.4. The first-order valence-electron chi connectivity index (χ1n) is 13.4. The number of likely N-dealkylation sites (N-methyl/N-ethyl adjacent to an activating group) is 1. The Hall–Kier alpha value is -3.08. The second-order valence-corrected chi connectivity index (χ2v) is 11.4. The average molecular weight is 523 g/mol. The Bertz CT molecular complexity index is 1190. The van der Waals surface area contributed by atoms with E-state index in [0.29, 0.717) is 23.1 Å². The molecule has 1 aromatic carbocycles. The van der Waals surface area contributed by atoms with E-state index in [9.17, 15) is 19.5 Å². The third-order valence-electron chi connectivity index (χ3n) is 8.18. The molecule has 2 N–H and O–H groups in total. The second kappa shape index (κ2) is 11.0. The Morgan fingerprint density at radius 1 is 1.16 bits per heavy atom. The van der Waals surface area contributed by atoms with Gasteiger partial charge in [0.05, 0.1) is 24.4 Å². The maximum Gasteiger partial charge on any atom is 0.531 e. The number of Topliss-reactive ketones (excluding diaryl/α,β-unsaturated/α-hetero) is 1. The van der Waals surface area contributed by atoms with Crippen LogP contribution in [0.3, 0.4) is 0 Å². The summed E-state index contributed by atoms with van der Waals surface area (Å²) in [4.78, 5) is 43.7. The van der Waals surface area contributed by atoms with Crippen molar-refractivity contribution in [3.8, 4) is 11.3 Å². The minimum absolute atomic E-state index is 0.000645. The second-order valence-electron chi connectivity index (χ2n) is 11.4. The molecule has 2 unspecified atom stereocenters. The minimum atomic E-state index is -2.13. The van der Waals surface area contributed by atoms with Crippen molar-refractivity contribution in [2.75, 3.05) is 20.2 Å². The number of carbonyl (C=O) groups excluding carboxylic acids is 3. The van der Waals surface area contributed by atoms with Gasteiger partial charge in [-0.25, -0.2) is 4.98 Å². The molecule has 10 heteroatoms. The zero-order chi connectivity index (χ0) is 27.7. The van der Waals surface area contributed by atoms with Crippen LogP contribution >= 0.6 is 0 Å². The lowest BCUT2D eigenvalue weighted by Gasteiger charge is -2.48. The van der Waals surface area contributed by atoms with Crippen molar-refractivity contribution in [3.63, 3.8) is 0 Å². The minimum Gasteiger partial charge on any atom is -0.611 e. The molecule has 0 bridgehead atoms. The number of aliphatic hydroxyl groups excluding tert-OH is 1. The van der Waals surface area contributed by atoms with Gasteiger partial charge in [0.1, 0.15) is 18.3 Å². The Morgan fingerprint density at radius 3 is 2.53 bits per heavy atom. The van der Waals surface area contributed by atoms with E-state index in [-0.39, 0.29) is 48.2 Å². The first-order chi connectivity index (χ1) is 18.0. The van der Waals surface area contributed by atoms with Crippen molar-refractivity contribution >= 4 is 24.3 Å². The molecule has 0 aliphatic carbocycles. The van der Waals surface area contributed by atoms with Gasteiger partial charge in [0.2, 0.25) is 0 Å². The Kier molecular flexibility index (Phi) is 8.06. The van der Waals surface area contributed by atoms with Crippen molar-refractivity contribution in [2.24, 2.45) is 5.92 Å².